The van der Waals surface area contributed by atoms with E-state index in [2.05, 4.69) is 5.32 Å². The van der Waals surface area contributed by atoms with Crippen molar-refractivity contribution in [3.63, 3.8) is 0 Å². The third kappa shape index (κ3) is 5.60. The lowest BCUT2D eigenvalue weighted by atomic mass is 10.1. The maximum Gasteiger partial charge on any atom is 0.244 e. The summed E-state index contributed by atoms with van der Waals surface area (Å²) in [6.07, 6.45) is 2.58. The van der Waals surface area contributed by atoms with Gasteiger partial charge in [-0.05, 0) is 24.3 Å². The summed E-state index contributed by atoms with van der Waals surface area (Å²) in [6, 6.07) is 3.79. The first-order valence-corrected chi connectivity index (χ1v) is 5.35. The van der Waals surface area contributed by atoms with Crippen molar-refractivity contribution in [3.05, 3.63) is 29.8 Å². The van der Waals surface area contributed by atoms with Crippen LogP contribution in [0, 0.1) is 0 Å². The Morgan fingerprint density at radius 1 is 1.37 bits per heavy atom. The minimum absolute atomic E-state index is 0. The van der Waals surface area contributed by atoms with Crippen LogP contribution in [0.4, 0.5) is 5.69 Å². The molecule has 0 aliphatic rings. The smallest absolute Gasteiger partial charge is 0.244 e. The lowest BCUT2D eigenvalue weighted by molar-refractivity contribution is -0.117. The van der Waals surface area contributed by atoms with E-state index in [1.54, 1.807) is 6.07 Å². The van der Waals surface area contributed by atoms with E-state index < -0.39 is 11.9 Å². The molecule has 0 aromatic heterocycles. The molecule has 0 heterocycles. The summed E-state index contributed by atoms with van der Waals surface area (Å²) in [5.41, 5.74) is 6.43. The third-order valence-corrected chi connectivity index (χ3v) is 2.25. The molecule has 0 unspecified atom stereocenters. The molecule has 0 fully saturated rings. The summed E-state index contributed by atoms with van der Waals surface area (Å²) in [7, 11) is 0. The standard InChI is InChI=1S/C12H16N2O4.ClH/c13-9-2-3-11(17)8(5-9)1-4-12(18)14-10(6-15)7-16;/h1-5,10,15-17H,6-7,13H2,(H,14,18);1H. The highest BCUT2D eigenvalue weighted by atomic mass is 35.5. The van der Waals surface area contributed by atoms with Gasteiger partial charge in [-0.2, -0.15) is 0 Å². The molecule has 1 aromatic carbocycles. The molecule has 0 bridgehead atoms. The monoisotopic (exact) mass is 288 g/mol. The number of hydrogen-bond acceptors (Lipinski definition) is 5. The van der Waals surface area contributed by atoms with Crippen molar-refractivity contribution >= 4 is 30.1 Å². The van der Waals surface area contributed by atoms with E-state index in [0.29, 0.717) is 11.3 Å². The number of amides is 1. The second kappa shape index (κ2) is 8.36. The Labute approximate surface area is 117 Å². The molecule has 1 amide bonds. The van der Waals surface area contributed by atoms with E-state index in [-0.39, 0.29) is 31.4 Å². The van der Waals surface area contributed by atoms with Gasteiger partial charge in [0.2, 0.25) is 5.91 Å². The van der Waals surface area contributed by atoms with Gasteiger partial charge in [-0.15, -0.1) is 12.4 Å². The molecule has 1 aromatic rings. The number of anilines is 1. The first-order valence-electron chi connectivity index (χ1n) is 5.35. The second-order valence-corrected chi connectivity index (χ2v) is 3.72. The fraction of sp³-hybridized carbons (Fsp3) is 0.250. The number of phenolic OH excluding ortho intramolecular Hbond substituents is 1. The van der Waals surface area contributed by atoms with Crippen molar-refractivity contribution < 1.29 is 20.1 Å². The van der Waals surface area contributed by atoms with Crippen molar-refractivity contribution in [2.75, 3.05) is 18.9 Å². The molecule has 0 atom stereocenters. The number of nitrogen functional groups attached to an aromatic ring is 1. The van der Waals surface area contributed by atoms with Crippen molar-refractivity contribution in [1.82, 2.24) is 5.32 Å². The molecule has 7 heteroatoms. The van der Waals surface area contributed by atoms with Gasteiger partial charge in [0.1, 0.15) is 5.75 Å². The van der Waals surface area contributed by atoms with Crippen LogP contribution >= 0.6 is 12.4 Å². The van der Waals surface area contributed by atoms with Crippen LogP contribution in [-0.4, -0.2) is 40.5 Å². The predicted molar refractivity (Wildman–Crippen MR) is 74.9 cm³/mol. The minimum Gasteiger partial charge on any atom is -0.507 e. The molecule has 1 rings (SSSR count). The van der Waals surface area contributed by atoms with Crippen LogP contribution in [-0.2, 0) is 4.79 Å². The number of phenols is 1. The fourth-order valence-corrected chi connectivity index (χ4v) is 1.27. The average molecular weight is 289 g/mol. The van der Waals surface area contributed by atoms with Gasteiger partial charge < -0.3 is 26.4 Å². The second-order valence-electron chi connectivity index (χ2n) is 3.72. The molecule has 0 aliphatic heterocycles. The van der Waals surface area contributed by atoms with E-state index in [1.807, 2.05) is 0 Å². The van der Waals surface area contributed by atoms with Crippen LogP contribution in [0.2, 0.25) is 0 Å². The zero-order valence-electron chi connectivity index (χ0n) is 10.1. The Bertz CT molecular complexity index is 447. The lowest BCUT2D eigenvalue weighted by Gasteiger charge is -2.11. The van der Waals surface area contributed by atoms with Gasteiger partial charge in [0.25, 0.3) is 0 Å². The predicted octanol–water partition coefficient (Wildman–Crippen LogP) is -0.121. The highest BCUT2D eigenvalue weighted by Crippen LogP contribution is 2.20. The summed E-state index contributed by atoms with van der Waals surface area (Å²) in [5, 5.41) is 29.5. The van der Waals surface area contributed by atoms with E-state index in [1.165, 1.54) is 24.3 Å². The van der Waals surface area contributed by atoms with Gasteiger partial charge in [0.15, 0.2) is 0 Å². The number of rotatable bonds is 5. The van der Waals surface area contributed by atoms with E-state index in [0.717, 1.165) is 0 Å². The fourth-order valence-electron chi connectivity index (χ4n) is 1.27. The Kier molecular flexibility index (Phi) is 7.59. The highest BCUT2D eigenvalue weighted by Gasteiger charge is 2.07. The van der Waals surface area contributed by atoms with Gasteiger partial charge in [-0.3, -0.25) is 4.79 Å². The van der Waals surface area contributed by atoms with Crippen LogP contribution in [0.15, 0.2) is 24.3 Å². The summed E-state index contributed by atoms with van der Waals surface area (Å²) in [4.78, 5) is 11.4. The zero-order valence-corrected chi connectivity index (χ0v) is 10.9. The number of aliphatic hydroxyl groups is 2. The molecule has 6 nitrogen and oxygen atoms in total. The Morgan fingerprint density at radius 3 is 2.58 bits per heavy atom. The van der Waals surface area contributed by atoms with Crippen molar-refractivity contribution in [2.24, 2.45) is 0 Å². The van der Waals surface area contributed by atoms with Gasteiger partial charge in [0.05, 0.1) is 19.3 Å². The van der Waals surface area contributed by atoms with Gasteiger partial charge >= 0.3 is 0 Å². The lowest BCUT2D eigenvalue weighted by Crippen LogP contribution is -2.39. The number of aromatic hydroxyl groups is 1. The molecule has 19 heavy (non-hydrogen) atoms. The van der Waals surface area contributed by atoms with Crippen LogP contribution in [0.3, 0.4) is 0 Å². The number of nitrogens with one attached hydrogen (secondary N) is 1. The van der Waals surface area contributed by atoms with Crippen LogP contribution in [0.25, 0.3) is 6.08 Å². The largest absolute Gasteiger partial charge is 0.507 e. The minimum atomic E-state index is -0.698. The van der Waals surface area contributed by atoms with Crippen LogP contribution in [0.1, 0.15) is 5.56 Å². The van der Waals surface area contributed by atoms with E-state index in [4.69, 9.17) is 15.9 Å². The summed E-state index contributed by atoms with van der Waals surface area (Å²) in [6.45, 7) is -0.695. The molecule has 0 radical (unpaired) electrons. The topological polar surface area (TPSA) is 116 Å². The Balaban J connectivity index is 0.00000324. The summed E-state index contributed by atoms with van der Waals surface area (Å²) >= 11 is 0. The highest BCUT2D eigenvalue weighted by molar-refractivity contribution is 5.92. The molecule has 6 N–H and O–H groups in total. The maximum absolute atomic E-state index is 11.4. The average Bonchev–Trinajstić information content (AvgIpc) is 2.37. The molecule has 106 valence electrons. The number of halogens is 1. The molecular formula is C12H17ClN2O4. The molecule has 0 saturated carbocycles. The van der Waals surface area contributed by atoms with E-state index >= 15 is 0 Å². The first-order chi connectivity index (χ1) is 8.56. The molecular weight excluding hydrogens is 272 g/mol. The number of benzene rings is 1. The zero-order chi connectivity index (χ0) is 13.5. The Morgan fingerprint density at radius 2 is 2.00 bits per heavy atom. The van der Waals surface area contributed by atoms with Crippen LogP contribution in [0.5, 0.6) is 5.75 Å². The Hall–Kier alpha value is -1.76. The van der Waals surface area contributed by atoms with Crippen molar-refractivity contribution in [3.8, 4) is 5.75 Å². The number of carbonyl (C=O) groups is 1. The van der Waals surface area contributed by atoms with Crippen molar-refractivity contribution in [1.29, 1.82) is 0 Å². The quantitative estimate of drug-likeness (QED) is 0.294. The number of carbonyl (C=O) groups excluding carboxylic acids is 1. The molecule has 0 spiro atoms. The van der Waals surface area contributed by atoms with Crippen LogP contribution < -0.4 is 11.1 Å². The SMILES string of the molecule is Cl.Nc1ccc(O)c(C=CC(=O)NC(CO)CO)c1. The molecule has 0 aliphatic carbocycles. The summed E-state index contributed by atoms with van der Waals surface area (Å²) < 4.78 is 0. The first kappa shape index (κ1) is 17.2. The normalized spacial score (nSPS) is 10.5. The number of nitrogens with two attached hydrogens (primary N) is 1. The number of aliphatic hydroxyl groups excluding tert-OH is 2. The van der Waals surface area contributed by atoms with E-state index in [9.17, 15) is 9.90 Å². The van der Waals surface area contributed by atoms with Gasteiger partial charge in [-0.25, -0.2) is 0 Å². The van der Waals surface area contributed by atoms with Crippen molar-refractivity contribution in [2.45, 2.75) is 6.04 Å². The maximum atomic E-state index is 11.4. The number of hydrogen-bond donors (Lipinski definition) is 5. The van der Waals surface area contributed by atoms with Gasteiger partial charge in [0, 0.05) is 17.3 Å². The summed E-state index contributed by atoms with van der Waals surface area (Å²) in [5.74, 6) is -0.473. The van der Waals surface area contributed by atoms with Gasteiger partial charge in [-0.1, -0.05) is 0 Å². The third-order valence-electron chi connectivity index (χ3n) is 2.25. The molecule has 0 saturated heterocycles.